The number of carbonyl (C=O) groups is 1. The molecule has 0 heterocycles. The van der Waals surface area contributed by atoms with Crippen LogP contribution in [0, 0.1) is 0 Å². The molecule has 2 amide bonds. The second kappa shape index (κ2) is 4.54. The maximum Gasteiger partial charge on any atom is 0.316 e. The summed E-state index contributed by atoms with van der Waals surface area (Å²) in [5.41, 5.74) is 5.33. The summed E-state index contributed by atoms with van der Waals surface area (Å²) in [7, 11) is 0. The van der Waals surface area contributed by atoms with Crippen molar-refractivity contribution in [1.82, 2.24) is 0 Å². The molecular formula is C8H9ClN2O2S. The highest BCUT2D eigenvalue weighted by molar-refractivity contribution is 7.90. The molecule has 1 rings (SSSR count). The van der Waals surface area contributed by atoms with Crippen LogP contribution in [0.3, 0.4) is 0 Å². The number of carbonyl (C=O) groups excluding carboxylic acids is 1. The zero-order valence-electron chi connectivity index (χ0n) is 7.41. The third kappa shape index (κ3) is 2.80. The molecule has 1 unspecified atom stereocenters. The van der Waals surface area contributed by atoms with Crippen LogP contribution in [-0.2, 0) is 11.2 Å². The first-order valence-electron chi connectivity index (χ1n) is 3.70. The molecule has 76 valence electrons. The van der Waals surface area contributed by atoms with E-state index >= 15 is 0 Å². The lowest BCUT2D eigenvalue weighted by molar-refractivity contribution is 0.259. The monoisotopic (exact) mass is 232 g/mol. The maximum atomic E-state index is 11.2. The van der Waals surface area contributed by atoms with Crippen LogP contribution in [0.5, 0.6) is 0 Å². The molecule has 0 aliphatic heterocycles. The minimum atomic E-state index is -1.19. The number of primary amides is 1. The van der Waals surface area contributed by atoms with Crippen LogP contribution in [0.1, 0.15) is 0 Å². The number of urea groups is 1. The van der Waals surface area contributed by atoms with Crippen molar-refractivity contribution in [2.75, 3.05) is 11.6 Å². The molecule has 6 heteroatoms. The van der Waals surface area contributed by atoms with Gasteiger partial charge in [-0.2, -0.15) is 0 Å². The minimum Gasteiger partial charge on any atom is -0.612 e. The average molecular weight is 233 g/mol. The van der Waals surface area contributed by atoms with Crippen LogP contribution < -0.4 is 11.1 Å². The Morgan fingerprint density at radius 1 is 1.64 bits per heavy atom. The average Bonchev–Trinajstić information content (AvgIpc) is 2.01. The topological polar surface area (TPSA) is 78.2 Å². The molecule has 0 aliphatic carbocycles. The predicted octanol–water partition coefficient (Wildman–Crippen LogP) is 1.57. The predicted molar refractivity (Wildman–Crippen MR) is 57.0 cm³/mol. The zero-order valence-corrected chi connectivity index (χ0v) is 8.98. The summed E-state index contributed by atoms with van der Waals surface area (Å²) in [6, 6.07) is 3.98. The van der Waals surface area contributed by atoms with Crippen molar-refractivity contribution in [1.29, 1.82) is 0 Å². The van der Waals surface area contributed by atoms with E-state index in [1.807, 2.05) is 0 Å². The number of rotatable bonds is 2. The molecule has 3 N–H and O–H groups in total. The second-order valence-corrected chi connectivity index (χ2v) is 4.37. The Kier molecular flexibility index (Phi) is 3.62. The van der Waals surface area contributed by atoms with Gasteiger partial charge in [-0.25, -0.2) is 4.79 Å². The highest BCUT2D eigenvalue weighted by Gasteiger charge is 2.13. The van der Waals surface area contributed by atoms with Crippen LogP contribution in [0.2, 0.25) is 5.02 Å². The van der Waals surface area contributed by atoms with Crippen LogP contribution in [0.25, 0.3) is 0 Å². The largest absolute Gasteiger partial charge is 0.612 e. The molecule has 1 aromatic rings. The van der Waals surface area contributed by atoms with E-state index in [0.717, 1.165) is 0 Å². The molecule has 0 fully saturated rings. The van der Waals surface area contributed by atoms with Gasteiger partial charge in [0.2, 0.25) is 0 Å². The first-order chi connectivity index (χ1) is 6.50. The van der Waals surface area contributed by atoms with Crippen molar-refractivity contribution in [2.24, 2.45) is 5.73 Å². The fraction of sp³-hybridized carbons (Fsp3) is 0.125. The number of hydrogen-bond acceptors (Lipinski definition) is 2. The van der Waals surface area contributed by atoms with Gasteiger partial charge >= 0.3 is 6.03 Å². The number of nitrogens with two attached hydrogens (primary N) is 1. The number of halogens is 1. The lowest BCUT2D eigenvalue weighted by Crippen LogP contribution is -2.20. The van der Waals surface area contributed by atoms with Gasteiger partial charge in [0.15, 0.2) is 4.90 Å². The van der Waals surface area contributed by atoms with Crippen LogP contribution in [-0.4, -0.2) is 16.8 Å². The highest BCUT2D eigenvalue weighted by Crippen LogP contribution is 2.24. The van der Waals surface area contributed by atoms with E-state index in [0.29, 0.717) is 15.6 Å². The first-order valence-corrected chi connectivity index (χ1v) is 5.63. The van der Waals surface area contributed by atoms with Crippen LogP contribution >= 0.6 is 11.6 Å². The smallest absolute Gasteiger partial charge is 0.316 e. The van der Waals surface area contributed by atoms with E-state index in [4.69, 9.17) is 17.3 Å². The Morgan fingerprint density at radius 3 is 2.79 bits per heavy atom. The van der Waals surface area contributed by atoms with E-state index in [-0.39, 0.29) is 0 Å². The van der Waals surface area contributed by atoms with Crippen LogP contribution in [0.4, 0.5) is 10.5 Å². The van der Waals surface area contributed by atoms with Gasteiger partial charge in [0.1, 0.15) is 6.26 Å². The highest BCUT2D eigenvalue weighted by atomic mass is 35.5. The van der Waals surface area contributed by atoms with Gasteiger partial charge in [0.05, 0.1) is 5.69 Å². The lowest BCUT2D eigenvalue weighted by Gasteiger charge is -2.10. The number of amides is 2. The quantitative estimate of drug-likeness (QED) is 0.760. The van der Waals surface area contributed by atoms with Crippen LogP contribution in [0.15, 0.2) is 23.1 Å². The van der Waals surface area contributed by atoms with Crippen molar-refractivity contribution in [2.45, 2.75) is 4.90 Å². The molecule has 0 aromatic heterocycles. The second-order valence-electron chi connectivity index (χ2n) is 2.58. The Balaban J connectivity index is 3.09. The summed E-state index contributed by atoms with van der Waals surface area (Å²) in [5, 5.41) is 2.80. The number of benzene rings is 1. The molecule has 4 nitrogen and oxygen atoms in total. The van der Waals surface area contributed by atoms with E-state index in [1.165, 1.54) is 12.3 Å². The minimum absolute atomic E-state index is 0.380. The van der Waals surface area contributed by atoms with E-state index in [2.05, 4.69) is 5.32 Å². The summed E-state index contributed by atoms with van der Waals surface area (Å²) in [6.45, 7) is 0. The molecule has 0 saturated heterocycles. The van der Waals surface area contributed by atoms with Crippen molar-refractivity contribution >= 4 is 34.5 Å². The normalized spacial score (nSPS) is 12.2. The first kappa shape index (κ1) is 11.2. The molecular weight excluding hydrogens is 224 g/mol. The summed E-state index contributed by atoms with van der Waals surface area (Å²) in [4.78, 5) is 11.1. The molecule has 0 radical (unpaired) electrons. The van der Waals surface area contributed by atoms with Gasteiger partial charge in [-0.05, 0) is 29.4 Å². The molecule has 14 heavy (non-hydrogen) atoms. The standard InChI is InChI=1S/C8H9ClN2O2S/c1-14(13)7-3-2-5(9)4-6(7)11-8(10)12/h2-4H,1H3,(H3,10,11,12). The molecule has 1 aromatic carbocycles. The fourth-order valence-corrected chi connectivity index (χ4v) is 1.83. The lowest BCUT2D eigenvalue weighted by atomic mass is 10.3. The third-order valence-electron chi connectivity index (χ3n) is 1.51. The molecule has 1 atom stereocenters. The van der Waals surface area contributed by atoms with Gasteiger partial charge in [-0.15, -0.1) is 0 Å². The van der Waals surface area contributed by atoms with Crippen molar-refractivity contribution < 1.29 is 9.35 Å². The van der Waals surface area contributed by atoms with E-state index in [9.17, 15) is 9.35 Å². The van der Waals surface area contributed by atoms with Crippen molar-refractivity contribution in [3.8, 4) is 0 Å². The van der Waals surface area contributed by atoms with Gasteiger partial charge in [-0.3, -0.25) is 0 Å². The van der Waals surface area contributed by atoms with Gasteiger partial charge in [0, 0.05) is 5.02 Å². The van der Waals surface area contributed by atoms with Crippen molar-refractivity contribution in [3.05, 3.63) is 23.2 Å². The van der Waals surface area contributed by atoms with E-state index < -0.39 is 17.2 Å². The maximum absolute atomic E-state index is 11.2. The third-order valence-corrected chi connectivity index (χ3v) is 2.72. The van der Waals surface area contributed by atoms with Gasteiger partial charge < -0.3 is 15.6 Å². The molecule has 0 spiro atoms. The Morgan fingerprint density at radius 2 is 2.29 bits per heavy atom. The Labute approximate surface area is 89.6 Å². The molecule has 0 aliphatic rings. The summed E-state index contributed by atoms with van der Waals surface area (Å²) >= 11 is 4.52. The fourth-order valence-electron chi connectivity index (χ4n) is 0.983. The SMILES string of the molecule is C[S+]([O-])c1ccc(Cl)cc1NC(N)=O. The molecule has 0 saturated carbocycles. The Hall–Kier alpha value is -0.910. The van der Waals surface area contributed by atoms with Crippen molar-refractivity contribution in [3.63, 3.8) is 0 Å². The summed E-state index contributed by atoms with van der Waals surface area (Å²) in [5.74, 6) is 0. The number of hydrogen-bond donors (Lipinski definition) is 2. The summed E-state index contributed by atoms with van der Waals surface area (Å²) in [6.07, 6.45) is 1.51. The summed E-state index contributed by atoms with van der Waals surface area (Å²) < 4.78 is 11.2. The zero-order chi connectivity index (χ0) is 10.7. The van der Waals surface area contributed by atoms with Gasteiger partial charge in [0.25, 0.3) is 0 Å². The Bertz CT molecular complexity index is 357. The number of anilines is 1. The number of nitrogens with one attached hydrogen (secondary N) is 1. The van der Waals surface area contributed by atoms with E-state index in [1.54, 1.807) is 12.1 Å². The molecule has 0 bridgehead atoms. The van der Waals surface area contributed by atoms with Gasteiger partial charge in [-0.1, -0.05) is 11.6 Å².